The molecule has 15 heavy (non-hydrogen) atoms. The number of benzene rings is 1. The Morgan fingerprint density at radius 3 is 2.53 bits per heavy atom. The SMILES string of the molecule is O=CCC(CCc1ccccc1)C(=O)O. The minimum absolute atomic E-state index is 0.0994. The van der Waals surface area contributed by atoms with E-state index in [1.807, 2.05) is 30.3 Å². The average Bonchev–Trinajstić information content (AvgIpc) is 2.25. The molecule has 0 aliphatic carbocycles. The number of carboxylic acids is 1. The summed E-state index contributed by atoms with van der Waals surface area (Å²) < 4.78 is 0. The average molecular weight is 206 g/mol. The molecule has 1 atom stereocenters. The Morgan fingerprint density at radius 2 is 2.00 bits per heavy atom. The molecule has 0 fully saturated rings. The van der Waals surface area contributed by atoms with Crippen LogP contribution in [0.3, 0.4) is 0 Å². The van der Waals surface area contributed by atoms with Crippen molar-refractivity contribution in [2.75, 3.05) is 0 Å². The van der Waals surface area contributed by atoms with Gasteiger partial charge < -0.3 is 9.90 Å². The summed E-state index contributed by atoms with van der Waals surface area (Å²) in [6, 6.07) is 9.68. The molecule has 0 aliphatic heterocycles. The summed E-state index contributed by atoms with van der Waals surface area (Å²) in [6.07, 6.45) is 1.98. The summed E-state index contributed by atoms with van der Waals surface area (Å²) in [4.78, 5) is 21.0. The van der Waals surface area contributed by atoms with Crippen LogP contribution in [-0.4, -0.2) is 17.4 Å². The first-order valence-electron chi connectivity index (χ1n) is 4.94. The Labute approximate surface area is 88.7 Å². The molecule has 0 saturated carbocycles. The van der Waals surface area contributed by atoms with Crippen LogP contribution in [0.5, 0.6) is 0 Å². The maximum atomic E-state index is 10.8. The Kier molecular flexibility index (Phi) is 4.54. The van der Waals surface area contributed by atoms with Crippen LogP contribution in [0.1, 0.15) is 18.4 Å². The van der Waals surface area contributed by atoms with Crippen LogP contribution in [0, 0.1) is 5.92 Å². The third-order valence-corrected chi connectivity index (χ3v) is 2.35. The monoisotopic (exact) mass is 206 g/mol. The van der Waals surface area contributed by atoms with Crippen molar-refractivity contribution >= 4 is 12.3 Å². The van der Waals surface area contributed by atoms with Crippen molar-refractivity contribution in [3.8, 4) is 0 Å². The summed E-state index contributed by atoms with van der Waals surface area (Å²) >= 11 is 0. The van der Waals surface area contributed by atoms with Crippen LogP contribution in [0.25, 0.3) is 0 Å². The molecule has 80 valence electrons. The lowest BCUT2D eigenvalue weighted by Crippen LogP contribution is -2.15. The zero-order chi connectivity index (χ0) is 11.1. The highest BCUT2D eigenvalue weighted by molar-refractivity contribution is 5.73. The van der Waals surface area contributed by atoms with Gasteiger partial charge in [-0.25, -0.2) is 0 Å². The molecule has 3 nitrogen and oxygen atoms in total. The number of aryl methyl sites for hydroxylation is 1. The number of aliphatic carboxylic acids is 1. The molecule has 0 bridgehead atoms. The van der Waals surface area contributed by atoms with Crippen molar-refractivity contribution in [3.05, 3.63) is 35.9 Å². The molecule has 0 amide bonds. The number of hydrogen-bond acceptors (Lipinski definition) is 2. The number of rotatable bonds is 6. The van der Waals surface area contributed by atoms with Gasteiger partial charge in [-0.1, -0.05) is 30.3 Å². The molecule has 3 heteroatoms. The van der Waals surface area contributed by atoms with E-state index in [1.165, 1.54) is 0 Å². The van der Waals surface area contributed by atoms with E-state index in [9.17, 15) is 9.59 Å². The van der Waals surface area contributed by atoms with Crippen molar-refractivity contribution in [1.82, 2.24) is 0 Å². The second kappa shape index (κ2) is 5.96. The lowest BCUT2D eigenvalue weighted by atomic mass is 9.97. The van der Waals surface area contributed by atoms with E-state index in [2.05, 4.69) is 0 Å². The van der Waals surface area contributed by atoms with Gasteiger partial charge in [0.15, 0.2) is 0 Å². The van der Waals surface area contributed by atoms with Gasteiger partial charge in [-0.2, -0.15) is 0 Å². The quantitative estimate of drug-likeness (QED) is 0.723. The van der Waals surface area contributed by atoms with E-state index in [-0.39, 0.29) is 6.42 Å². The fourth-order valence-corrected chi connectivity index (χ4v) is 1.44. The maximum Gasteiger partial charge on any atom is 0.306 e. The first-order valence-corrected chi connectivity index (χ1v) is 4.94. The predicted octanol–water partition coefficient (Wildman–Crippen LogP) is 1.91. The number of aldehydes is 1. The molecule has 1 rings (SSSR count). The third kappa shape index (κ3) is 3.94. The minimum atomic E-state index is -0.891. The minimum Gasteiger partial charge on any atom is -0.481 e. The molecule has 0 spiro atoms. The van der Waals surface area contributed by atoms with E-state index < -0.39 is 11.9 Å². The number of carbonyl (C=O) groups is 2. The van der Waals surface area contributed by atoms with Gasteiger partial charge in [0.25, 0.3) is 0 Å². The summed E-state index contributed by atoms with van der Waals surface area (Å²) in [6.45, 7) is 0. The fraction of sp³-hybridized carbons (Fsp3) is 0.333. The smallest absolute Gasteiger partial charge is 0.306 e. The van der Waals surface area contributed by atoms with E-state index in [0.29, 0.717) is 19.1 Å². The molecule has 1 N–H and O–H groups in total. The number of carbonyl (C=O) groups excluding carboxylic acids is 1. The largest absolute Gasteiger partial charge is 0.481 e. The van der Waals surface area contributed by atoms with Crippen molar-refractivity contribution in [1.29, 1.82) is 0 Å². The Morgan fingerprint density at radius 1 is 1.33 bits per heavy atom. The molecule has 0 saturated heterocycles. The highest BCUT2D eigenvalue weighted by Crippen LogP contribution is 2.12. The fourth-order valence-electron chi connectivity index (χ4n) is 1.44. The predicted molar refractivity (Wildman–Crippen MR) is 56.6 cm³/mol. The van der Waals surface area contributed by atoms with Crippen LogP contribution < -0.4 is 0 Å². The van der Waals surface area contributed by atoms with Crippen molar-refractivity contribution in [2.45, 2.75) is 19.3 Å². The Bertz CT molecular complexity index is 319. The topological polar surface area (TPSA) is 54.4 Å². The Balaban J connectivity index is 2.47. The van der Waals surface area contributed by atoms with Gasteiger partial charge in [-0.3, -0.25) is 4.79 Å². The molecular weight excluding hydrogens is 192 g/mol. The van der Waals surface area contributed by atoms with Crippen LogP contribution in [-0.2, 0) is 16.0 Å². The highest BCUT2D eigenvalue weighted by atomic mass is 16.4. The van der Waals surface area contributed by atoms with E-state index in [1.54, 1.807) is 0 Å². The van der Waals surface area contributed by atoms with Crippen molar-refractivity contribution in [3.63, 3.8) is 0 Å². The normalized spacial score (nSPS) is 12.0. The van der Waals surface area contributed by atoms with E-state index in [0.717, 1.165) is 5.56 Å². The van der Waals surface area contributed by atoms with Gasteiger partial charge in [0, 0.05) is 6.42 Å². The van der Waals surface area contributed by atoms with Crippen LogP contribution in [0.2, 0.25) is 0 Å². The lowest BCUT2D eigenvalue weighted by Gasteiger charge is -2.08. The number of carboxylic acid groups (broad SMARTS) is 1. The molecule has 1 aromatic rings. The highest BCUT2D eigenvalue weighted by Gasteiger charge is 2.16. The van der Waals surface area contributed by atoms with E-state index >= 15 is 0 Å². The van der Waals surface area contributed by atoms with Crippen LogP contribution in [0.15, 0.2) is 30.3 Å². The Hall–Kier alpha value is -1.64. The zero-order valence-electron chi connectivity index (χ0n) is 8.43. The van der Waals surface area contributed by atoms with Crippen molar-refractivity contribution in [2.24, 2.45) is 5.92 Å². The summed E-state index contributed by atoms with van der Waals surface area (Å²) in [5, 5.41) is 8.82. The standard InChI is InChI=1S/C12H14O3/c13-9-8-11(12(14)15)7-6-10-4-2-1-3-5-10/h1-5,9,11H,6-8H2,(H,14,15). The second-order valence-electron chi connectivity index (χ2n) is 3.46. The third-order valence-electron chi connectivity index (χ3n) is 2.35. The molecule has 0 aliphatic rings. The van der Waals surface area contributed by atoms with Crippen molar-refractivity contribution < 1.29 is 14.7 Å². The molecule has 0 radical (unpaired) electrons. The number of hydrogen-bond donors (Lipinski definition) is 1. The molecule has 1 unspecified atom stereocenters. The van der Waals surface area contributed by atoms with Gasteiger partial charge >= 0.3 is 5.97 Å². The first-order chi connectivity index (χ1) is 7.24. The van der Waals surface area contributed by atoms with Crippen LogP contribution >= 0.6 is 0 Å². The van der Waals surface area contributed by atoms with Gasteiger partial charge in [0.05, 0.1) is 5.92 Å². The van der Waals surface area contributed by atoms with E-state index in [4.69, 9.17) is 5.11 Å². The lowest BCUT2D eigenvalue weighted by molar-refractivity contribution is -0.143. The first kappa shape index (κ1) is 11.4. The summed E-state index contributed by atoms with van der Waals surface area (Å²) in [7, 11) is 0. The molecule has 0 heterocycles. The summed E-state index contributed by atoms with van der Waals surface area (Å²) in [5.74, 6) is -1.44. The van der Waals surface area contributed by atoms with Crippen LogP contribution in [0.4, 0.5) is 0 Å². The van der Waals surface area contributed by atoms with Gasteiger partial charge in [0.1, 0.15) is 6.29 Å². The maximum absolute atomic E-state index is 10.8. The second-order valence-corrected chi connectivity index (χ2v) is 3.46. The van der Waals surface area contributed by atoms with Gasteiger partial charge in [-0.15, -0.1) is 0 Å². The molecule has 0 aromatic heterocycles. The zero-order valence-corrected chi connectivity index (χ0v) is 8.43. The van der Waals surface area contributed by atoms with Gasteiger partial charge in [-0.05, 0) is 18.4 Å². The molecular formula is C12H14O3. The molecule has 1 aromatic carbocycles. The van der Waals surface area contributed by atoms with Gasteiger partial charge in [0.2, 0.25) is 0 Å². The summed E-state index contributed by atoms with van der Waals surface area (Å²) in [5.41, 5.74) is 1.11.